The lowest BCUT2D eigenvalue weighted by Gasteiger charge is -2.68. The largest absolute Gasteiger partial charge is 0.439 e. The molecule has 2 heterocycles. The fraction of sp³-hybridized carbons (Fsp3) is 0.176. The maximum Gasteiger partial charge on any atom is 0.339 e. The van der Waals surface area contributed by atoms with Crippen molar-refractivity contribution < 1.29 is 132 Å². The van der Waals surface area contributed by atoms with Crippen LogP contribution in [0.5, 0.6) is 0 Å². The lowest BCUT2D eigenvalue weighted by atomic mass is 9.46. The number of hydrogen-bond acceptors (Lipinski definition) is 35. The number of ether oxygens (including phenoxy) is 4. The normalized spacial score (nSPS) is 22.7. The highest BCUT2D eigenvalue weighted by molar-refractivity contribution is 6.33. The molecule has 0 amide bonds. The summed E-state index contributed by atoms with van der Waals surface area (Å²) in [6.07, 6.45) is -8.77. The summed E-state index contributed by atoms with van der Waals surface area (Å²) in [6.45, 7) is -4.01. The number of ketones is 7. The summed E-state index contributed by atoms with van der Waals surface area (Å²) >= 11 is 0. The van der Waals surface area contributed by atoms with Crippen molar-refractivity contribution in [1.82, 2.24) is 0 Å². The number of aliphatic hydroxyl groups is 7. The van der Waals surface area contributed by atoms with Crippen molar-refractivity contribution in [3.05, 3.63) is 320 Å². The number of Topliss-reactive ketones (excluding diaryl/α,β-unsaturated/α-hetero) is 7. The molecule has 8 aromatic rings. The highest BCUT2D eigenvalue weighted by atomic mass is 16.8. The molecule has 43 nitrogen and oxygen atoms in total. The monoisotopic (exact) mass is 1530 g/mol. The van der Waals surface area contributed by atoms with E-state index >= 15 is 53.7 Å². The van der Waals surface area contributed by atoms with E-state index in [-0.39, 0.29) is 97.1 Å². The van der Waals surface area contributed by atoms with E-state index in [4.69, 9.17) is 18.9 Å². The summed E-state index contributed by atoms with van der Waals surface area (Å²) in [4.78, 5) is 230. The van der Waals surface area contributed by atoms with Crippen LogP contribution in [0.1, 0.15) is 82.9 Å². The molecule has 0 aromatic heterocycles. The molecule has 2 aliphatic rings. The van der Waals surface area contributed by atoms with Crippen LogP contribution in [0, 0.1) is 80.9 Å². The van der Waals surface area contributed by atoms with Gasteiger partial charge in [-0.3, -0.25) is 114 Å². The first-order chi connectivity index (χ1) is 52.2. The third kappa shape index (κ3) is 12.7. The first-order valence-corrected chi connectivity index (χ1v) is 31.1. The average molecular weight is 1540 g/mol. The van der Waals surface area contributed by atoms with Crippen molar-refractivity contribution in [3.8, 4) is 0 Å². The van der Waals surface area contributed by atoms with E-state index in [1.54, 1.807) is 0 Å². The number of aliphatic hydroxyl groups excluding tert-OH is 4. The van der Waals surface area contributed by atoms with E-state index in [0.29, 0.717) is 97.1 Å². The third-order valence-electron chi connectivity index (χ3n) is 18.2. The highest BCUT2D eigenvalue weighted by Gasteiger charge is 2.98. The minimum absolute atomic E-state index is 0.180. The van der Waals surface area contributed by atoms with Gasteiger partial charge in [0.15, 0.2) is 0 Å². The standard InChI is InChI=1S/C68H46N8O35/c77-33-51-52(79)60(87)62(34-78,108-51)110-68(59(86)41-13-29-49(30-14-41)75(104)105)65(91,56(83)38-7-23-46(24-8-38)72(98)99)64(90,55(82)37-5-21-45(22-6-37)71(96)97)67(58(85)40-11-27-48(28-12-40)74(102)103,109-61(88)42-15-31-50(32-16-42)76(106)107)66(111-68,57(84)39-9-25-47(26-10-39)73(100)101)63(89,53(80)35-1-17-43(18-2-35)69(92)93)54(81)36-3-19-44(20-4-36)70(94)95/h1-32,51-52,60,77-79,87,89-91H,33-34H2/t51-,52-,60+,62?,64-,65-,66-,67+,68-/m1/s1. The number of carbonyl (C=O) groups is 8. The average Bonchev–Trinajstić information content (AvgIpc) is 0.805. The quantitative estimate of drug-likeness (QED) is 0.0111. The number of nitro benzene ring substituents is 8. The molecule has 568 valence electrons. The lowest BCUT2D eigenvalue weighted by molar-refractivity contribution is -0.456. The van der Waals surface area contributed by atoms with Crippen LogP contribution >= 0.6 is 0 Å². The van der Waals surface area contributed by atoms with Crippen molar-refractivity contribution in [1.29, 1.82) is 0 Å². The molecule has 9 atom stereocenters. The van der Waals surface area contributed by atoms with Crippen LogP contribution in [0.2, 0.25) is 0 Å². The molecule has 2 fully saturated rings. The fourth-order valence-corrected chi connectivity index (χ4v) is 12.7. The van der Waals surface area contributed by atoms with Crippen LogP contribution < -0.4 is 0 Å². The Hall–Kier alpha value is -14.3. The molecule has 2 saturated heterocycles. The number of non-ortho nitro benzene ring substituents is 8. The number of carbonyl (C=O) groups excluding carboxylic acids is 8. The van der Waals surface area contributed by atoms with Gasteiger partial charge in [-0.1, -0.05) is 0 Å². The first-order valence-electron chi connectivity index (χ1n) is 31.1. The van der Waals surface area contributed by atoms with Gasteiger partial charge in [0.05, 0.1) is 51.6 Å². The van der Waals surface area contributed by atoms with Gasteiger partial charge >= 0.3 is 5.97 Å². The summed E-state index contributed by atoms with van der Waals surface area (Å²) in [6, 6.07) is 9.09. The molecule has 43 heteroatoms. The number of esters is 1. The van der Waals surface area contributed by atoms with E-state index in [2.05, 4.69) is 0 Å². The van der Waals surface area contributed by atoms with Gasteiger partial charge in [0.2, 0.25) is 68.7 Å². The number of hydrogen-bond donors (Lipinski definition) is 7. The topological polar surface area (TPSA) is 660 Å². The predicted molar refractivity (Wildman–Crippen MR) is 360 cm³/mol. The van der Waals surface area contributed by atoms with Gasteiger partial charge in [0, 0.05) is 136 Å². The molecule has 7 N–H and O–H groups in total. The Bertz CT molecular complexity index is 5200. The molecule has 0 aliphatic carbocycles. The summed E-state index contributed by atoms with van der Waals surface area (Å²) in [5.74, 6) is -33.3. The molecule has 1 unspecified atom stereocenters. The minimum Gasteiger partial charge on any atom is -0.439 e. The smallest absolute Gasteiger partial charge is 0.339 e. The molecule has 0 bridgehead atoms. The zero-order valence-corrected chi connectivity index (χ0v) is 55.3. The Morgan fingerprint density at radius 3 is 0.919 bits per heavy atom. The number of nitro groups is 8. The second-order valence-electron chi connectivity index (χ2n) is 24.2. The van der Waals surface area contributed by atoms with E-state index in [0.717, 1.165) is 0 Å². The molecule has 8 aromatic carbocycles. The first kappa shape index (κ1) is 79.3. The van der Waals surface area contributed by atoms with Crippen molar-refractivity contribution >= 4 is 92.0 Å². The summed E-state index contributed by atoms with van der Waals surface area (Å²) in [7, 11) is 0. The molecule has 0 spiro atoms. The second kappa shape index (κ2) is 29.5. The van der Waals surface area contributed by atoms with E-state index < -0.39 is 247 Å². The molecular formula is C68H46N8O35. The van der Waals surface area contributed by atoms with Crippen molar-refractivity contribution in [3.63, 3.8) is 0 Å². The van der Waals surface area contributed by atoms with Gasteiger partial charge in [0.1, 0.15) is 24.9 Å². The van der Waals surface area contributed by atoms with Gasteiger partial charge in [0.25, 0.3) is 56.9 Å². The van der Waals surface area contributed by atoms with Crippen molar-refractivity contribution in [2.45, 2.75) is 57.9 Å². The van der Waals surface area contributed by atoms with Crippen LogP contribution in [0.15, 0.2) is 194 Å². The maximum atomic E-state index is 18.2. The zero-order chi connectivity index (χ0) is 81.6. The van der Waals surface area contributed by atoms with Crippen LogP contribution in [-0.4, -0.2) is 193 Å². The third-order valence-corrected chi connectivity index (χ3v) is 18.2. The molecule has 10 rings (SSSR count). The molecule has 111 heavy (non-hydrogen) atoms. The van der Waals surface area contributed by atoms with Gasteiger partial charge < -0.3 is 54.7 Å². The van der Waals surface area contributed by atoms with Crippen LogP contribution in [0.4, 0.5) is 45.5 Å². The van der Waals surface area contributed by atoms with Crippen molar-refractivity contribution in [2.24, 2.45) is 0 Å². The summed E-state index contributed by atoms with van der Waals surface area (Å²) < 4.78 is 25.1. The molecule has 0 radical (unpaired) electrons. The van der Waals surface area contributed by atoms with Crippen molar-refractivity contribution in [2.75, 3.05) is 13.2 Å². The van der Waals surface area contributed by atoms with Gasteiger partial charge in [-0.05, 0) is 97.1 Å². The molecular weight excluding hydrogens is 1490 g/mol. The van der Waals surface area contributed by atoms with Crippen LogP contribution in [-0.2, 0) is 18.9 Å². The van der Waals surface area contributed by atoms with Gasteiger partial charge in [-0.15, -0.1) is 0 Å². The van der Waals surface area contributed by atoms with E-state index in [1.165, 1.54) is 0 Å². The lowest BCUT2D eigenvalue weighted by Crippen LogP contribution is -2.99. The Kier molecular flexibility index (Phi) is 21.0. The Morgan fingerprint density at radius 2 is 0.640 bits per heavy atom. The number of benzene rings is 8. The Balaban J connectivity index is 1.65. The van der Waals surface area contributed by atoms with Gasteiger partial charge in [-0.25, -0.2) is 4.79 Å². The fourth-order valence-electron chi connectivity index (χ4n) is 12.7. The predicted octanol–water partition coefficient (Wildman–Crippen LogP) is 4.50. The number of rotatable bonds is 29. The summed E-state index contributed by atoms with van der Waals surface area (Å²) in [5.41, 5.74) is -51.9. The SMILES string of the molecule is O=C(O[C@@]1(C(=O)c2ccc([N+](=O)[O-])cc2)[C@@](O)(C(=O)c2ccc([N+](=O)[O-])cc2)[C@](O)(C(=O)c2ccc([N+](=O)[O-])cc2)[C@@](OC2(CO)O[C@H](CO)[C@@H](O)[C@@H]2O)(C(=O)c2ccc([N+](=O)[O-])cc2)O[C@]1(C(=O)c1ccc([N+](=O)[O-])cc1)C(O)(C(=O)c1ccc([N+](=O)[O-])cc1)C(=O)c1ccc([N+](=O)[O-])cc1)c1ccc([N+](=O)[O-])cc1. The van der Waals surface area contributed by atoms with E-state index in [9.17, 15) is 101 Å². The molecule has 0 saturated carbocycles. The zero-order valence-electron chi connectivity index (χ0n) is 55.3. The molecule has 2 aliphatic heterocycles. The summed E-state index contributed by atoms with van der Waals surface area (Å²) in [5, 5.41) is 193. The Morgan fingerprint density at radius 1 is 0.378 bits per heavy atom. The maximum absolute atomic E-state index is 18.2. The van der Waals surface area contributed by atoms with E-state index in [1.807, 2.05) is 0 Å². The van der Waals surface area contributed by atoms with Crippen LogP contribution in [0.3, 0.4) is 0 Å². The van der Waals surface area contributed by atoms with Crippen LogP contribution in [0.25, 0.3) is 0 Å². The minimum atomic E-state index is -6.26. The Labute approximate surface area is 613 Å². The second-order valence-corrected chi connectivity index (χ2v) is 24.2. The number of nitrogens with zero attached hydrogens (tertiary/aromatic N) is 8. The van der Waals surface area contributed by atoms with Gasteiger partial charge in [-0.2, -0.15) is 0 Å². The highest BCUT2D eigenvalue weighted by Crippen LogP contribution is 2.66.